The van der Waals surface area contributed by atoms with Crippen LogP contribution in [0.5, 0.6) is 5.75 Å². The maximum atomic E-state index is 13.6. The van der Waals surface area contributed by atoms with Crippen molar-refractivity contribution in [3.05, 3.63) is 37.9 Å². The van der Waals surface area contributed by atoms with Crippen LogP contribution in [0.4, 0.5) is 73.2 Å². The number of nitro benzene ring substituents is 2. The molecule has 0 fully saturated rings. The minimum absolute atomic E-state index is 0.178. The van der Waals surface area contributed by atoms with Gasteiger partial charge < -0.3 is 9.47 Å². The lowest BCUT2D eigenvalue weighted by Crippen LogP contribution is -2.70. The topological polar surface area (TPSA) is 122 Å². The van der Waals surface area contributed by atoms with Crippen molar-refractivity contribution in [1.29, 1.82) is 0 Å². The second kappa shape index (κ2) is 9.36. The van der Waals surface area contributed by atoms with Crippen LogP contribution in [-0.2, 0) is 11.2 Å². The third-order valence-electron chi connectivity index (χ3n) is 4.21. The quantitative estimate of drug-likeness (QED) is 0.112. The molecule has 0 bridgehead atoms. The highest BCUT2D eigenvalue weighted by atomic mass is 19.4. The monoisotopic (exact) mass is 574 g/mol. The fourth-order valence-electron chi connectivity index (χ4n) is 2.26. The summed E-state index contributed by atoms with van der Waals surface area (Å²) >= 11 is 0. The smallest absolute Gasteiger partial charge is 0.380 e. The Morgan fingerprint density at radius 2 is 1.14 bits per heavy atom. The standard InChI is InChI=1S/C15H7F13N2O7/c1-2-5-3-6(29(32)33)8(7(4-5)30(34)35)36-9(31)37-15(27,28)13(22,23)11(18,19)10(16,17)12(20,21)14(24,25)26/h3-4H,2H2,1H3. The van der Waals surface area contributed by atoms with E-state index in [4.69, 9.17) is 0 Å². The first kappa shape index (κ1) is 31.4. The van der Waals surface area contributed by atoms with Gasteiger partial charge in [-0.1, -0.05) is 6.92 Å². The average Bonchev–Trinajstić information content (AvgIpc) is 2.71. The van der Waals surface area contributed by atoms with Gasteiger partial charge in [-0.25, -0.2) is 4.79 Å². The van der Waals surface area contributed by atoms with Gasteiger partial charge in [-0.15, -0.1) is 0 Å². The lowest BCUT2D eigenvalue weighted by atomic mass is 9.97. The molecule has 210 valence electrons. The molecule has 0 aliphatic heterocycles. The molecule has 1 rings (SSSR count). The number of aryl methyl sites for hydroxylation is 1. The Balaban J connectivity index is 3.49. The minimum atomic E-state index is -8.30. The van der Waals surface area contributed by atoms with E-state index >= 15 is 0 Å². The van der Waals surface area contributed by atoms with E-state index in [0.29, 0.717) is 12.1 Å². The summed E-state index contributed by atoms with van der Waals surface area (Å²) in [7, 11) is 0. The van der Waals surface area contributed by atoms with Crippen molar-refractivity contribution in [2.75, 3.05) is 0 Å². The summed E-state index contributed by atoms with van der Waals surface area (Å²) in [5.74, 6) is -34.6. The molecule has 22 heteroatoms. The molecule has 0 saturated heterocycles. The Morgan fingerprint density at radius 3 is 1.46 bits per heavy atom. The molecule has 0 heterocycles. The van der Waals surface area contributed by atoms with E-state index in [-0.39, 0.29) is 12.0 Å². The maximum absolute atomic E-state index is 13.6. The summed E-state index contributed by atoms with van der Waals surface area (Å²) in [6.07, 6.45) is -18.7. The second-order valence-electron chi connectivity index (χ2n) is 6.60. The van der Waals surface area contributed by atoms with Crippen LogP contribution < -0.4 is 4.74 Å². The van der Waals surface area contributed by atoms with Crippen molar-refractivity contribution in [2.45, 2.75) is 49.3 Å². The van der Waals surface area contributed by atoms with E-state index in [1.54, 1.807) is 0 Å². The number of carbonyl (C=O) groups excluding carboxylic acids is 1. The number of ether oxygens (including phenoxy) is 2. The second-order valence-corrected chi connectivity index (χ2v) is 6.60. The van der Waals surface area contributed by atoms with E-state index in [1.807, 2.05) is 0 Å². The Morgan fingerprint density at radius 1 is 0.757 bits per heavy atom. The Bertz CT molecular complexity index is 1050. The summed E-state index contributed by atoms with van der Waals surface area (Å²) in [5, 5.41) is 22.1. The van der Waals surface area contributed by atoms with Gasteiger partial charge in [0.25, 0.3) is 5.75 Å². The van der Waals surface area contributed by atoms with Gasteiger partial charge in [-0.2, -0.15) is 57.1 Å². The van der Waals surface area contributed by atoms with Crippen molar-refractivity contribution < 1.29 is 81.2 Å². The van der Waals surface area contributed by atoms with Crippen molar-refractivity contribution in [3.8, 4) is 5.75 Å². The van der Waals surface area contributed by atoms with Crippen LogP contribution in [0.25, 0.3) is 0 Å². The van der Waals surface area contributed by atoms with E-state index in [9.17, 15) is 82.1 Å². The number of nitrogens with zero attached hydrogens (tertiary/aromatic N) is 2. The summed E-state index contributed by atoms with van der Waals surface area (Å²) in [6.45, 7) is 1.28. The van der Waals surface area contributed by atoms with Gasteiger partial charge in [0, 0.05) is 12.1 Å². The molecular formula is C15H7F13N2O7. The molecule has 0 aliphatic rings. The molecule has 0 amide bonds. The Kier molecular flexibility index (Phi) is 7.94. The third kappa shape index (κ3) is 5.12. The summed E-state index contributed by atoms with van der Waals surface area (Å²) in [4.78, 5) is 30.4. The highest BCUT2D eigenvalue weighted by molar-refractivity contribution is 5.72. The molecule has 0 radical (unpaired) electrons. The van der Waals surface area contributed by atoms with Crippen molar-refractivity contribution in [3.63, 3.8) is 0 Å². The predicted octanol–water partition coefficient (Wildman–Crippen LogP) is 6.28. The molecule has 0 saturated carbocycles. The third-order valence-corrected chi connectivity index (χ3v) is 4.21. The molecule has 0 spiro atoms. The van der Waals surface area contributed by atoms with Crippen LogP contribution in [0.1, 0.15) is 12.5 Å². The first-order valence-electron chi connectivity index (χ1n) is 8.62. The van der Waals surface area contributed by atoms with Gasteiger partial charge in [-0.3, -0.25) is 20.2 Å². The van der Waals surface area contributed by atoms with Gasteiger partial charge in [-0.05, 0) is 12.0 Å². The number of carbonyl (C=O) groups is 1. The van der Waals surface area contributed by atoms with Gasteiger partial charge in [0.15, 0.2) is 0 Å². The highest BCUT2D eigenvalue weighted by Gasteiger charge is 2.92. The van der Waals surface area contributed by atoms with Crippen LogP contribution >= 0.6 is 0 Å². The number of halogens is 13. The largest absolute Gasteiger partial charge is 0.519 e. The zero-order valence-electron chi connectivity index (χ0n) is 17.0. The fraction of sp³-hybridized carbons (Fsp3) is 0.533. The van der Waals surface area contributed by atoms with Crippen molar-refractivity contribution >= 4 is 17.5 Å². The van der Waals surface area contributed by atoms with E-state index in [1.165, 1.54) is 6.92 Å². The summed E-state index contributed by atoms with van der Waals surface area (Å²) in [5.41, 5.74) is -3.40. The van der Waals surface area contributed by atoms with Gasteiger partial charge in [0.05, 0.1) is 9.85 Å². The van der Waals surface area contributed by atoms with E-state index < -0.39 is 69.1 Å². The van der Waals surface area contributed by atoms with E-state index in [0.717, 1.165) is 0 Å². The number of hydrogen-bond acceptors (Lipinski definition) is 7. The summed E-state index contributed by atoms with van der Waals surface area (Å²) in [6, 6.07) is 0.854. The Labute approximate surface area is 193 Å². The van der Waals surface area contributed by atoms with Crippen LogP contribution in [0.2, 0.25) is 0 Å². The molecule has 1 aromatic carbocycles. The van der Waals surface area contributed by atoms with Crippen LogP contribution in [0, 0.1) is 20.2 Å². The molecule has 0 aromatic heterocycles. The molecule has 9 nitrogen and oxygen atoms in total. The first-order chi connectivity index (χ1) is 16.3. The van der Waals surface area contributed by atoms with Gasteiger partial charge in [0.1, 0.15) is 0 Å². The SMILES string of the molecule is CCc1cc([N+](=O)[O-])c(OC(=O)OC(F)(F)C(F)(F)C(F)(F)C(F)(F)C(F)(F)C(F)(F)F)c([N+](=O)[O-])c1. The number of benzene rings is 1. The van der Waals surface area contributed by atoms with Crippen molar-refractivity contribution in [1.82, 2.24) is 0 Å². The molecular weight excluding hydrogens is 567 g/mol. The average molecular weight is 574 g/mol. The normalized spacial score (nSPS) is 13.8. The number of nitro groups is 2. The maximum Gasteiger partial charge on any atom is 0.519 e. The number of alkyl halides is 13. The van der Waals surface area contributed by atoms with Crippen LogP contribution in [0.15, 0.2) is 12.1 Å². The lowest BCUT2D eigenvalue weighted by molar-refractivity contribution is -0.460. The lowest BCUT2D eigenvalue weighted by Gasteiger charge is -2.38. The molecule has 37 heavy (non-hydrogen) atoms. The van der Waals surface area contributed by atoms with Gasteiger partial charge in [0.2, 0.25) is 0 Å². The molecule has 0 aliphatic carbocycles. The predicted molar refractivity (Wildman–Crippen MR) is 87.0 cm³/mol. The molecule has 0 atom stereocenters. The Hall–Kier alpha value is -3.62. The van der Waals surface area contributed by atoms with Crippen molar-refractivity contribution in [2.24, 2.45) is 0 Å². The number of hydrogen-bond donors (Lipinski definition) is 0. The zero-order valence-corrected chi connectivity index (χ0v) is 17.0. The summed E-state index contributed by atoms with van der Waals surface area (Å²) < 4.78 is 175. The zero-order chi connectivity index (χ0) is 29.6. The molecule has 0 N–H and O–H groups in total. The van der Waals surface area contributed by atoms with Crippen LogP contribution in [-0.4, -0.2) is 52.0 Å². The van der Waals surface area contributed by atoms with Crippen LogP contribution in [0.3, 0.4) is 0 Å². The fourth-order valence-corrected chi connectivity index (χ4v) is 2.26. The van der Waals surface area contributed by atoms with E-state index in [2.05, 4.69) is 9.47 Å². The minimum Gasteiger partial charge on any atom is -0.380 e. The molecule has 0 unspecified atom stereocenters. The molecule has 1 aromatic rings. The number of rotatable bonds is 9. The highest BCUT2D eigenvalue weighted by Crippen LogP contribution is 2.60. The van der Waals surface area contributed by atoms with Gasteiger partial charge >= 0.3 is 53.5 Å². The first-order valence-corrected chi connectivity index (χ1v) is 8.62.